The molecule has 2 unspecified atom stereocenters. The van der Waals surface area contributed by atoms with Gasteiger partial charge in [0.1, 0.15) is 12.0 Å². The Morgan fingerprint density at radius 1 is 1.35 bits per heavy atom. The van der Waals surface area contributed by atoms with Gasteiger partial charge in [-0.2, -0.15) is 4.52 Å². The van der Waals surface area contributed by atoms with Gasteiger partial charge in [-0.15, -0.1) is 15.3 Å². The van der Waals surface area contributed by atoms with Gasteiger partial charge in [0.15, 0.2) is 11.5 Å². The van der Waals surface area contributed by atoms with Crippen LogP contribution in [0.2, 0.25) is 0 Å². The number of nitrogens with zero attached hydrogens (tertiary/aromatic N) is 4. The number of hydrogen-bond acceptors (Lipinski definition) is 4. The molecular weight excluding hydrogens is 221 g/mol. The zero-order valence-electron chi connectivity index (χ0n) is 9.60. The molecule has 2 heterocycles. The summed E-state index contributed by atoms with van der Waals surface area (Å²) in [6.07, 6.45) is 1.68. The lowest BCUT2D eigenvalue weighted by Gasteiger charge is -2.15. The van der Waals surface area contributed by atoms with E-state index in [0.29, 0.717) is 17.9 Å². The summed E-state index contributed by atoms with van der Waals surface area (Å²) in [5.41, 5.74) is 0.705. The van der Waals surface area contributed by atoms with Crippen molar-refractivity contribution in [2.24, 2.45) is 0 Å². The van der Waals surface area contributed by atoms with Crippen molar-refractivity contribution in [1.82, 2.24) is 19.8 Å². The lowest BCUT2D eigenvalue weighted by molar-refractivity contribution is 0.323. The van der Waals surface area contributed by atoms with Crippen molar-refractivity contribution in [3.05, 3.63) is 18.0 Å². The van der Waals surface area contributed by atoms with E-state index in [2.05, 4.69) is 20.6 Å². The molecule has 2 aromatic rings. The number of rotatable bonds is 2. The Bertz CT molecular complexity index is 538. The summed E-state index contributed by atoms with van der Waals surface area (Å²) in [6.45, 7) is 1.84. The first-order valence-corrected chi connectivity index (χ1v) is 5.84. The van der Waals surface area contributed by atoms with E-state index in [1.54, 1.807) is 4.52 Å². The predicted octanol–water partition coefficient (Wildman–Crippen LogP) is 1.74. The molecule has 0 spiro atoms. The van der Waals surface area contributed by atoms with Gasteiger partial charge >= 0.3 is 0 Å². The van der Waals surface area contributed by atoms with E-state index in [4.69, 9.17) is 0 Å². The van der Waals surface area contributed by atoms with Crippen LogP contribution >= 0.6 is 0 Å². The van der Waals surface area contributed by atoms with Crippen LogP contribution in [0, 0.1) is 6.92 Å². The topological polar surface area (TPSA) is 55.1 Å². The average Bonchev–Trinajstić information content (AvgIpc) is 2.88. The second-order valence-electron chi connectivity index (χ2n) is 4.43. The molecule has 0 bridgehead atoms. The summed E-state index contributed by atoms with van der Waals surface area (Å²) < 4.78 is 15.1. The Kier molecular flexibility index (Phi) is 2.42. The van der Waals surface area contributed by atoms with Crippen LogP contribution in [-0.4, -0.2) is 32.0 Å². The van der Waals surface area contributed by atoms with Gasteiger partial charge in [0.05, 0.1) is 6.04 Å². The minimum absolute atomic E-state index is 0.114. The zero-order chi connectivity index (χ0) is 11.8. The van der Waals surface area contributed by atoms with Gasteiger partial charge in [0.25, 0.3) is 0 Å². The summed E-state index contributed by atoms with van der Waals surface area (Å²) in [6, 6.07) is 3.53. The molecule has 6 heteroatoms. The molecule has 5 nitrogen and oxygen atoms in total. The van der Waals surface area contributed by atoms with Gasteiger partial charge in [0.2, 0.25) is 0 Å². The van der Waals surface area contributed by atoms with Crippen molar-refractivity contribution < 1.29 is 4.39 Å². The van der Waals surface area contributed by atoms with Gasteiger partial charge in [-0.3, -0.25) is 0 Å². The number of hydrogen-bond donors (Lipinski definition) is 1. The standard InChI is InChI=1S/C11H14FN5/c1-7-14-15-11-6-5-10(16-17(7)11)13-9-4-2-3-8(9)12/h5-6,8-9H,2-4H2,1H3,(H,13,16). The fraction of sp³-hybridized carbons (Fsp3) is 0.545. The van der Waals surface area contributed by atoms with Gasteiger partial charge in [-0.1, -0.05) is 0 Å². The summed E-state index contributed by atoms with van der Waals surface area (Å²) in [7, 11) is 0. The fourth-order valence-corrected chi connectivity index (χ4v) is 2.24. The van der Waals surface area contributed by atoms with Crippen molar-refractivity contribution >= 4 is 11.5 Å². The molecule has 1 fully saturated rings. The largest absolute Gasteiger partial charge is 0.363 e. The van der Waals surface area contributed by atoms with Crippen molar-refractivity contribution in [3.8, 4) is 0 Å². The highest BCUT2D eigenvalue weighted by Crippen LogP contribution is 2.24. The molecular formula is C11H14FN5. The van der Waals surface area contributed by atoms with Gasteiger partial charge < -0.3 is 5.32 Å². The lowest BCUT2D eigenvalue weighted by atomic mass is 10.2. The Morgan fingerprint density at radius 3 is 3.00 bits per heavy atom. The number of alkyl halides is 1. The monoisotopic (exact) mass is 235 g/mol. The Morgan fingerprint density at radius 2 is 2.24 bits per heavy atom. The fourth-order valence-electron chi connectivity index (χ4n) is 2.24. The maximum atomic E-state index is 13.5. The third kappa shape index (κ3) is 1.83. The molecule has 0 amide bonds. The zero-order valence-corrected chi connectivity index (χ0v) is 9.60. The summed E-state index contributed by atoms with van der Waals surface area (Å²) in [5, 5.41) is 15.4. The van der Waals surface area contributed by atoms with Gasteiger partial charge in [-0.05, 0) is 38.3 Å². The minimum Gasteiger partial charge on any atom is -0.363 e. The Hall–Kier alpha value is -1.72. The highest BCUT2D eigenvalue weighted by molar-refractivity contribution is 5.44. The Balaban J connectivity index is 1.87. The predicted molar refractivity (Wildman–Crippen MR) is 61.7 cm³/mol. The molecule has 1 N–H and O–H groups in total. The second kappa shape index (κ2) is 3.94. The normalized spacial score (nSPS) is 24.4. The number of nitrogens with one attached hydrogen (secondary N) is 1. The van der Waals surface area contributed by atoms with Crippen molar-refractivity contribution in [2.75, 3.05) is 5.32 Å². The van der Waals surface area contributed by atoms with E-state index < -0.39 is 6.17 Å². The van der Waals surface area contributed by atoms with E-state index >= 15 is 0 Å². The first-order chi connectivity index (χ1) is 8.24. The molecule has 2 aromatic heterocycles. The van der Waals surface area contributed by atoms with Crippen LogP contribution in [0.1, 0.15) is 25.1 Å². The first-order valence-electron chi connectivity index (χ1n) is 5.84. The number of halogens is 1. The molecule has 1 saturated carbocycles. The molecule has 1 aliphatic rings. The molecule has 1 aliphatic carbocycles. The second-order valence-corrected chi connectivity index (χ2v) is 4.43. The first kappa shape index (κ1) is 10.4. The highest BCUT2D eigenvalue weighted by atomic mass is 19.1. The maximum Gasteiger partial charge on any atom is 0.178 e. The number of fused-ring (bicyclic) bond motifs is 1. The summed E-state index contributed by atoms with van der Waals surface area (Å²) in [4.78, 5) is 0. The van der Waals surface area contributed by atoms with E-state index in [9.17, 15) is 4.39 Å². The SMILES string of the molecule is Cc1nnc2ccc(NC3CCCC3F)nn12. The minimum atomic E-state index is -0.769. The van der Waals surface area contributed by atoms with Crippen LogP contribution in [0.4, 0.5) is 10.2 Å². The van der Waals surface area contributed by atoms with Crippen molar-refractivity contribution in [3.63, 3.8) is 0 Å². The molecule has 0 radical (unpaired) electrons. The number of aryl methyl sites for hydroxylation is 1. The van der Waals surface area contributed by atoms with Crippen molar-refractivity contribution in [1.29, 1.82) is 0 Å². The molecule has 0 saturated heterocycles. The Labute approximate surface area is 98.0 Å². The highest BCUT2D eigenvalue weighted by Gasteiger charge is 2.27. The van der Waals surface area contributed by atoms with Crippen molar-refractivity contribution in [2.45, 2.75) is 38.4 Å². The number of anilines is 1. The van der Waals surface area contributed by atoms with E-state index in [-0.39, 0.29) is 6.04 Å². The van der Waals surface area contributed by atoms with Crippen LogP contribution in [0.15, 0.2) is 12.1 Å². The lowest BCUT2D eigenvalue weighted by Crippen LogP contribution is -2.25. The van der Waals surface area contributed by atoms with Crippen LogP contribution in [-0.2, 0) is 0 Å². The van der Waals surface area contributed by atoms with Crippen LogP contribution < -0.4 is 5.32 Å². The molecule has 0 aromatic carbocycles. The van der Waals surface area contributed by atoms with E-state index in [0.717, 1.165) is 18.7 Å². The summed E-state index contributed by atoms with van der Waals surface area (Å²) in [5.74, 6) is 1.40. The third-order valence-electron chi connectivity index (χ3n) is 3.18. The number of aromatic nitrogens is 4. The van der Waals surface area contributed by atoms with Gasteiger partial charge in [-0.25, -0.2) is 4.39 Å². The molecule has 3 rings (SSSR count). The quantitative estimate of drug-likeness (QED) is 0.861. The maximum absolute atomic E-state index is 13.5. The molecule has 0 aliphatic heterocycles. The molecule has 17 heavy (non-hydrogen) atoms. The molecule has 90 valence electrons. The smallest absolute Gasteiger partial charge is 0.178 e. The van der Waals surface area contributed by atoms with Gasteiger partial charge in [0, 0.05) is 0 Å². The van der Waals surface area contributed by atoms with E-state index in [1.807, 2.05) is 19.1 Å². The molecule has 2 atom stereocenters. The van der Waals surface area contributed by atoms with E-state index in [1.165, 1.54) is 0 Å². The van der Waals surface area contributed by atoms with Crippen LogP contribution in [0.5, 0.6) is 0 Å². The average molecular weight is 235 g/mol. The third-order valence-corrected chi connectivity index (χ3v) is 3.18. The van der Waals surface area contributed by atoms with Crippen LogP contribution in [0.3, 0.4) is 0 Å². The summed E-state index contributed by atoms with van der Waals surface area (Å²) >= 11 is 0. The van der Waals surface area contributed by atoms with Crippen LogP contribution in [0.25, 0.3) is 5.65 Å².